The van der Waals surface area contributed by atoms with Crippen LogP contribution >= 0.6 is 0 Å². The molecule has 0 heterocycles. The number of nitrogens with two attached hydrogens (primary N) is 1. The third kappa shape index (κ3) is 2.31. The maximum Gasteiger partial charge on any atom is 0.312 e. The molecule has 1 rings (SSSR count). The van der Waals surface area contributed by atoms with Crippen molar-refractivity contribution in [2.75, 3.05) is 13.7 Å². The minimum Gasteiger partial charge on any atom is -0.502 e. The van der Waals surface area contributed by atoms with Crippen LogP contribution in [0.3, 0.4) is 0 Å². The number of hydrogen-bond donors (Lipinski definition) is 3. The molecule has 0 aliphatic rings. The van der Waals surface area contributed by atoms with Crippen LogP contribution in [0.1, 0.15) is 17.0 Å². The summed E-state index contributed by atoms with van der Waals surface area (Å²) in [4.78, 5) is 10.9. The molecule has 4 N–H and O–H groups in total. The highest BCUT2D eigenvalue weighted by molar-refractivity contribution is 5.77. The number of carbonyl (C=O) groups is 1. The van der Waals surface area contributed by atoms with Gasteiger partial charge < -0.3 is 20.7 Å². The number of benzene rings is 1. The summed E-state index contributed by atoms with van der Waals surface area (Å²) >= 11 is 0. The number of aryl methyl sites for hydroxylation is 1. The second-order valence-corrected chi connectivity index (χ2v) is 3.61. The van der Waals surface area contributed by atoms with E-state index in [4.69, 9.17) is 15.6 Å². The third-order valence-corrected chi connectivity index (χ3v) is 2.52. The quantitative estimate of drug-likeness (QED) is 0.732. The number of aliphatic carboxylic acids is 1. The van der Waals surface area contributed by atoms with Gasteiger partial charge in [0.1, 0.15) is 0 Å². The van der Waals surface area contributed by atoms with Crippen molar-refractivity contribution in [2.24, 2.45) is 5.73 Å². The van der Waals surface area contributed by atoms with Gasteiger partial charge in [-0.05, 0) is 18.6 Å². The van der Waals surface area contributed by atoms with Gasteiger partial charge in [0.15, 0.2) is 17.3 Å². The van der Waals surface area contributed by atoms with Gasteiger partial charge in [-0.2, -0.15) is 0 Å². The summed E-state index contributed by atoms with van der Waals surface area (Å²) < 4.78 is 18.6. The van der Waals surface area contributed by atoms with E-state index in [-0.39, 0.29) is 17.9 Å². The van der Waals surface area contributed by atoms with Gasteiger partial charge in [-0.15, -0.1) is 0 Å². The number of phenols is 1. The molecule has 0 spiro atoms. The fourth-order valence-corrected chi connectivity index (χ4v) is 1.66. The highest BCUT2D eigenvalue weighted by Gasteiger charge is 2.26. The molecule has 1 aromatic rings. The van der Waals surface area contributed by atoms with Crippen LogP contribution in [0.15, 0.2) is 6.07 Å². The Morgan fingerprint density at radius 2 is 2.24 bits per heavy atom. The molecule has 0 aromatic heterocycles. The molecule has 17 heavy (non-hydrogen) atoms. The average Bonchev–Trinajstić information content (AvgIpc) is 2.26. The van der Waals surface area contributed by atoms with Crippen molar-refractivity contribution in [1.82, 2.24) is 0 Å². The van der Waals surface area contributed by atoms with E-state index in [1.165, 1.54) is 13.2 Å². The van der Waals surface area contributed by atoms with E-state index in [0.717, 1.165) is 0 Å². The topological polar surface area (TPSA) is 92.8 Å². The summed E-state index contributed by atoms with van der Waals surface area (Å²) in [5.74, 6) is -4.14. The number of hydrogen-bond acceptors (Lipinski definition) is 4. The number of carboxylic acid groups (broad SMARTS) is 1. The van der Waals surface area contributed by atoms with Crippen LogP contribution in [-0.2, 0) is 4.79 Å². The molecule has 0 saturated heterocycles. The van der Waals surface area contributed by atoms with Crippen LogP contribution in [0, 0.1) is 12.7 Å². The molecule has 1 unspecified atom stereocenters. The van der Waals surface area contributed by atoms with Crippen LogP contribution in [0.5, 0.6) is 11.5 Å². The Balaban J connectivity index is 3.41. The zero-order chi connectivity index (χ0) is 13.2. The molecule has 0 fully saturated rings. The first-order valence-corrected chi connectivity index (χ1v) is 4.92. The van der Waals surface area contributed by atoms with Crippen LogP contribution in [0.2, 0.25) is 0 Å². The van der Waals surface area contributed by atoms with E-state index in [1.807, 2.05) is 0 Å². The summed E-state index contributed by atoms with van der Waals surface area (Å²) in [7, 11) is 1.29. The van der Waals surface area contributed by atoms with Crippen molar-refractivity contribution in [1.29, 1.82) is 0 Å². The number of halogens is 1. The van der Waals surface area contributed by atoms with Crippen molar-refractivity contribution >= 4 is 5.97 Å². The van der Waals surface area contributed by atoms with Gasteiger partial charge in [-0.1, -0.05) is 0 Å². The first-order valence-electron chi connectivity index (χ1n) is 4.92. The lowest BCUT2D eigenvalue weighted by Gasteiger charge is -2.15. The fraction of sp³-hybridized carbons (Fsp3) is 0.364. The molecular formula is C11H14FNO4. The van der Waals surface area contributed by atoms with Gasteiger partial charge in [-0.25, -0.2) is 4.39 Å². The normalized spacial score (nSPS) is 12.2. The molecule has 0 aliphatic carbocycles. The molecular weight excluding hydrogens is 229 g/mol. The lowest BCUT2D eigenvalue weighted by Crippen LogP contribution is -2.22. The van der Waals surface area contributed by atoms with E-state index in [0.29, 0.717) is 5.56 Å². The highest BCUT2D eigenvalue weighted by atomic mass is 19.1. The second kappa shape index (κ2) is 5.01. The molecule has 6 heteroatoms. The van der Waals surface area contributed by atoms with E-state index < -0.39 is 23.5 Å². The number of methoxy groups -OCH3 is 1. The maximum absolute atomic E-state index is 13.8. The van der Waals surface area contributed by atoms with Crippen molar-refractivity contribution < 1.29 is 24.1 Å². The number of aromatic hydroxyl groups is 1. The van der Waals surface area contributed by atoms with Gasteiger partial charge >= 0.3 is 5.97 Å². The van der Waals surface area contributed by atoms with E-state index in [9.17, 15) is 14.3 Å². The van der Waals surface area contributed by atoms with Crippen molar-refractivity contribution in [3.8, 4) is 11.5 Å². The Morgan fingerprint density at radius 1 is 1.65 bits per heavy atom. The number of ether oxygens (including phenoxy) is 1. The van der Waals surface area contributed by atoms with E-state index in [1.54, 1.807) is 6.92 Å². The standard InChI is InChI=1S/C11H14FNO4/c1-5-3-6(7(4-13)11(15)16)8(12)9(14)10(5)17-2/h3,7,14H,4,13H2,1-2H3,(H,15,16). The summed E-state index contributed by atoms with van der Waals surface area (Å²) in [6.45, 7) is 1.33. The number of carboxylic acids is 1. The first-order chi connectivity index (χ1) is 7.93. The Morgan fingerprint density at radius 3 is 2.65 bits per heavy atom. The Bertz CT molecular complexity index is 448. The van der Waals surface area contributed by atoms with Crippen molar-refractivity contribution in [2.45, 2.75) is 12.8 Å². The second-order valence-electron chi connectivity index (χ2n) is 3.61. The van der Waals surface area contributed by atoms with Crippen LogP contribution in [-0.4, -0.2) is 29.8 Å². The summed E-state index contributed by atoms with van der Waals surface area (Å²) in [5.41, 5.74) is 5.59. The van der Waals surface area contributed by atoms with E-state index in [2.05, 4.69) is 0 Å². The summed E-state index contributed by atoms with van der Waals surface area (Å²) in [5, 5.41) is 18.5. The van der Waals surface area contributed by atoms with Gasteiger partial charge in [-0.3, -0.25) is 4.79 Å². The molecule has 0 aliphatic heterocycles. The number of rotatable bonds is 4. The van der Waals surface area contributed by atoms with Gasteiger partial charge in [0.25, 0.3) is 0 Å². The smallest absolute Gasteiger partial charge is 0.312 e. The Hall–Kier alpha value is -1.82. The van der Waals surface area contributed by atoms with Gasteiger partial charge in [0.2, 0.25) is 0 Å². The number of phenolic OH excluding ortho intramolecular Hbond substituents is 1. The molecule has 0 amide bonds. The monoisotopic (exact) mass is 243 g/mol. The average molecular weight is 243 g/mol. The highest BCUT2D eigenvalue weighted by Crippen LogP contribution is 2.37. The zero-order valence-corrected chi connectivity index (χ0v) is 9.53. The summed E-state index contributed by atoms with van der Waals surface area (Å²) in [6.07, 6.45) is 0. The maximum atomic E-state index is 13.8. The minimum absolute atomic E-state index is 0.00703. The van der Waals surface area contributed by atoms with E-state index >= 15 is 0 Å². The Labute approximate surface area is 97.6 Å². The lowest BCUT2D eigenvalue weighted by molar-refractivity contribution is -0.138. The third-order valence-electron chi connectivity index (χ3n) is 2.52. The molecule has 5 nitrogen and oxygen atoms in total. The SMILES string of the molecule is COc1c(C)cc(C(CN)C(=O)O)c(F)c1O. The van der Waals surface area contributed by atoms with Gasteiger partial charge in [0.05, 0.1) is 13.0 Å². The lowest BCUT2D eigenvalue weighted by atomic mass is 9.96. The zero-order valence-electron chi connectivity index (χ0n) is 9.53. The molecule has 0 bridgehead atoms. The van der Waals surface area contributed by atoms with Crippen LogP contribution in [0.4, 0.5) is 4.39 Å². The fourth-order valence-electron chi connectivity index (χ4n) is 1.66. The van der Waals surface area contributed by atoms with Crippen LogP contribution < -0.4 is 10.5 Å². The van der Waals surface area contributed by atoms with Crippen molar-refractivity contribution in [3.05, 3.63) is 23.0 Å². The summed E-state index contributed by atoms with van der Waals surface area (Å²) in [6, 6.07) is 1.32. The van der Waals surface area contributed by atoms with Crippen LogP contribution in [0.25, 0.3) is 0 Å². The molecule has 94 valence electrons. The predicted octanol–water partition coefficient (Wildman–Crippen LogP) is 0.975. The van der Waals surface area contributed by atoms with Gasteiger partial charge in [0, 0.05) is 12.1 Å². The minimum atomic E-state index is -1.24. The molecule has 0 saturated carbocycles. The molecule has 0 radical (unpaired) electrons. The predicted molar refractivity (Wildman–Crippen MR) is 58.8 cm³/mol. The van der Waals surface area contributed by atoms with Crippen molar-refractivity contribution in [3.63, 3.8) is 0 Å². The Kier molecular flexibility index (Phi) is 3.90. The largest absolute Gasteiger partial charge is 0.502 e. The molecule has 1 atom stereocenters. The first kappa shape index (κ1) is 13.2. The molecule has 1 aromatic carbocycles.